The molecule has 2 aromatic carbocycles. The molecule has 3 rings (SSSR count). The highest BCUT2D eigenvalue weighted by atomic mass is 35.5. The zero-order valence-electron chi connectivity index (χ0n) is 21.3. The molecule has 0 aliphatic rings. The number of carbonyl (C=O) groups excluding carboxylic acids is 1. The van der Waals surface area contributed by atoms with Crippen molar-refractivity contribution in [2.45, 2.75) is 25.7 Å². The molecule has 0 saturated carbocycles. The molecule has 0 spiro atoms. The molecule has 3 aromatic rings. The highest BCUT2D eigenvalue weighted by molar-refractivity contribution is 6.31. The maximum absolute atomic E-state index is 11.2. The zero-order valence-corrected chi connectivity index (χ0v) is 22.1. The van der Waals surface area contributed by atoms with Crippen molar-refractivity contribution < 1.29 is 9.53 Å². The van der Waals surface area contributed by atoms with Gasteiger partial charge < -0.3 is 38.3 Å². The number of halogens is 1. The Bertz CT molecular complexity index is 1250. The lowest BCUT2D eigenvalue weighted by molar-refractivity contribution is 0.0974. The van der Waals surface area contributed by atoms with Gasteiger partial charge in [0.05, 0.1) is 12.9 Å². The molecule has 0 atom stereocenters. The number of fused-ring (bicyclic) bond motifs is 1. The molecule has 0 aliphatic carbocycles. The number of ether oxygens (including phenoxy) is 1. The summed E-state index contributed by atoms with van der Waals surface area (Å²) in [5.41, 5.74) is 22.5. The average Bonchev–Trinajstić information content (AvgIpc) is 2.89. The molecule has 13 heteroatoms. The molecule has 1 aromatic heterocycles. The van der Waals surface area contributed by atoms with Crippen LogP contribution in [-0.2, 0) is 6.42 Å². The predicted molar refractivity (Wildman–Crippen MR) is 154 cm³/mol. The van der Waals surface area contributed by atoms with Crippen LogP contribution >= 0.6 is 11.6 Å². The first-order chi connectivity index (χ1) is 18.3. The molecule has 0 radical (unpaired) electrons. The lowest BCUT2D eigenvalue weighted by Crippen LogP contribution is -2.24. The van der Waals surface area contributed by atoms with E-state index in [1.165, 1.54) is 29.2 Å². The van der Waals surface area contributed by atoms with Crippen LogP contribution in [0.15, 0.2) is 41.4 Å². The summed E-state index contributed by atoms with van der Waals surface area (Å²) >= 11 is 5.54. The van der Waals surface area contributed by atoms with Gasteiger partial charge in [-0.3, -0.25) is 15.2 Å². The second-order valence-electron chi connectivity index (χ2n) is 8.09. The number of benzene rings is 2. The summed E-state index contributed by atoms with van der Waals surface area (Å²) in [5.74, 6) is 0.214. The van der Waals surface area contributed by atoms with Crippen molar-refractivity contribution in [2.75, 3.05) is 38.2 Å². The van der Waals surface area contributed by atoms with Crippen LogP contribution in [0.1, 0.15) is 35.3 Å². The number of unbranched alkanes of at least 4 members (excludes halogenated alkanes) is 1. The Kier molecular flexibility index (Phi) is 12.5. The van der Waals surface area contributed by atoms with Crippen LogP contribution in [0.3, 0.4) is 0 Å². The van der Waals surface area contributed by atoms with Crippen LogP contribution in [0.5, 0.6) is 5.75 Å². The van der Waals surface area contributed by atoms with E-state index >= 15 is 0 Å². The quantitative estimate of drug-likeness (QED) is 0.101. The fourth-order valence-corrected chi connectivity index (χ4v) is 3.62. The topological polar surface area (TPSA) is 216 Å². The Morgan fingerprint density at radius 2 is 1.82 bits per heavy atom. The van der Waals surface area contributed by atoms with E-state index in [1.807, 2.05) is 7.05 Å². The van der Waals surface area contributed by atoms with Gasteiger partial charge in [0.25, 0.3) is 5.91 Å². The number of rotatable bonds is 12. The Morgan fingerprint density at radius 1 is 1.08 bits per heavy atom. The number of guanidine groups is 1. The van der Waals surface area contributed by atoms with E-state index < -0.39 is 5.91 Å². The first-order valence-electron chi connectivity index (χ1n) is 12.0. The molecule has 0 unspecified atom stereocenters. The number of hydrogen-bond donors (Lipinski definition) is 7. The SMILES string of the molecule is CNCCCCc1ccc(OCCCN=C(N)N)c2ccccc12.N=CNC(=O)c1nc(Cl)c(N)nc1N. The molecule has 1 heterocycles. The minimum atomic E-state index is -0.660. The Morgan fingerprint density at radius 3 is 2.50 bits per heavy atom. The first kappa shape index (κ1) is 30.1. The summed E-state index contributed by atoms with van der Waals surface area (Å²) in [4.78, 5) is 22.4. The van der Waals surface area contributed by atoms with Crippen molar-refractivity contribution in [1.82, 2.24) is 20.6 Å². The monoisotopic (exact) mass is 542 g/mol. The number of nitrogens with two attached hydrogens (primary N) is 4. The fraction of sp³-hybridized carbons (Fsp3) is 0.320. The van der Waals surface area contributed by atoms with Crippen LogP contribution in [0.4, 0.5) is 11.6 Å². The molecule has 11 N–H and O–H groups in total. The molecule has 204 valence electrons. The average molecular weight is 543 g/mol. The summed E-state index contributed by atoms with van der Waals surface area (Å²) in [6, 6.07) is 12.7. The molecular formula is C25H35ClN10O2. The van der Waals surface area contributed by atoms with E-state index in [2.05, 4.69) is 62.0 Å². The predicted octanol–water partition coefficient (Wildman–Crippen LogP) is 2.06. The third-order valence-electron chi connectivity index (χ3n) is 5.27. The normalized spacial score (nSPS) is 10.3. The summed E-state index contributed by atoms with van der Waals surface area (Å²) < 4.78 is 5.94. The molecule has 0 bridgehead atoms. The number of aromatic nitrogens is 2. The second kappa shape index (κ2) is 15.8. The van der Waals surface area contributed by atoms with Gasteiger partial charge in [-0.25, -0.2) is 9.97 Å². The van der Waals surface area contributed by atoms with Gasteiger partial charge in [0.2, 0.25) is 0 Å². The van der Waals surface area contributed by atoms with Crippen LogP contribution < -0.4 is 38.3 Å². The third kappa shape index (κ3) is 9.37. The van der Waals surface area contributed by atoms with Gasteiger partial charge >= 0.3 is 0 Å². The van der Waals surface area contributed by atoms with Gasteiger partial charge in [0.15, 0.2) is 28.4 Å². The van der Waals surface area contributed by atoms with Crippen molar-refractivity contribution in [3.8, 4) is 5.75 Å². The van der Waals surface area contributed by atoms with Crippen molar-refractivity contribution in [3.05, 3.63) is 52.8 Å². The molecule has 0 saturated heterocycles. The van der Waals surface area contributed by atoms with Crippen molar-refractivity contribution in [3.63, 3.8) is 0 Å². The van der Waals surface area contributed by atoms with Crippen molar-refractivity contribution in [2.24, 2.45) is 16.5 Å². The van der Waals surface area contributed by atoms with E-state index in [9.17, 15) is 4.79 Å². The van der Waals surface area contributed by atoms with Gasteiger partial charge in [-0.05, 0) is 49.9 Å². The molecular weight excluding hydrogens is 508 g/mol. The van der Waals surface area contributed by atoms with E-state index in [1.54, 1.807) is 0 Å². The molecule has 0 aliphatic heterocycles. The summed E-state index contributed by atoms with van der Waals surface area (Å²) in [6.45, 7) is 2.25. The highest BCUT2D eigenvalue weighted by Crippen LogP contribution is 2.29. The summed E-state index contributed by atoms with van der Waals surface area (Å²) in [5, 5.41) is 14.3. The fourth-order valence-electron chi connectivity index (χ4n) is 3.49. The molecule has 1 amide bonds. The summed E-state index contributed by atoms with van der Waals surface area (Å²) in [7, 11) is 1.99. The van der Waals surface area contributed by atoms with Gasteiger partial charge in [-0.15, -0.1) is 0 Å². The van der Waals surface area contributed by atoms with Crippen molar-refractivity contribution in [1.29, 1.82) is 5.41 Å². The molecule has 0 fully saturated rings. The Balaban J connectivity index is 0.000000308. The van der Waals surface area contributed by atoms with E-state index in [4.69, 9.17) is 44.7 Å². The number of nitrogens with one attached hydrogen (secondary N) is 3. The lowest BCUT2D eigenvalue weighted by atomic mass is 9.99. The van der Waals surface area contributed by atoms with Gasteiger partial charge in [0, 0.05) is 18.4 Å². The minimum absolute atomic E-state index is 0.0458. The number of aliphatic imine (C=N–C) groups is 1. The largest absolute Gasteiger partial charge is 0.493 e. The second-order valence-corrected chi connectivity index (χ2v) is 8.45. The third-order valence-corrected chi connectivity index (χ3v) is 5.55. The Labute approximate surface area is 226 Å². The van der Waals surface area contributed by atoms with Gasteiger partial charge in [0.1, 0.15) is 5.75 Å². The number of hydrogen-bond acceptors (Lipinski definition) is 9. The highest BCUT2D eigenvalue weighted by Gasteiger charge is 2.14. The maximum Gasteiger partial charge on any atom is 0.278 e. The molecule has 38 heavy (non-hydrogen) atoms. The van der Waals surface area contributed by atoms with Crippen molar-refractivity contribution >= 4 is 52.2 Å². The Hall–Kier alpha value is -4.16. The maximum atomic E-state index is 11.2. The van der Waals surface area contributed by atoms with Crippen LogP contribution in [0.2, 0.25) is 5.15 Å². The number of nitrogens with zero attached hydrogens (tertiary/aromatic N) is 3. The van der Waals surface area contributed by atoms with Crippen LogP contribution in [0.25, 0.3) is 10.8 Å². The van der Waals surface area contributed by atoms with E-state index in [0.29, 0.717) is 19.5 Å². The smallest absolute Gasteiger partial charge is 0.278 e. The molecule has 12 nitrogen and oxygen atoms in total. The van der Waals surface area contributed by atoms with Crippen LogP contribution in [-0.4, -0.2) is 54.9 Å². The van der Waals surface area contributed by atoms with Gasteiger partial charge in [-0.1, -0.05) is 41.9 Å². The zero-order chi connectivity index (χ0) is 27.9. The van der Waals surface area contributed by atoms with Crippen LogP contribution in [0, 0.1) is 5.41 Å². The standard InChI is InChI=1S/C19H28N4O.C6H7ClN6O/c1-22-12-5-4-7-15-10-11-18(17-9-3-2-8-16(15)17)24-14-6-13-23-19(20)21;7-3-5(10)13-4(9)2(12-3)6(14)11-1-8/h2-3,8-11,22H,4-7,12-14H2,1H3,(H4,20,21,23);1H,(H2,8,11,14)(H4,9,10,13). The lowest BCUT2D eigenvalue weighted by Gasteiger charge is -2.12. The van der Waals surface area contributed by atoms with E-state index in [0.717, 1.165) is 25.1 Å². The minimum Gasteiger partial charge on any atom is -0.493 e. The van der Waals surface area contributed by atoms with Gasteiger partial charge in [-0.2, -0.15) is 0 Å². The number of anilines is 2. The first-order valence-corrected chi connectivity index (χ1v) is 12.4. The number of aryl methyl sites for hydroxylation is 1. The van der Waals surface area contributed by atoms with E-state index in [-0.39, 0.29) is 28.4 Å². The summed E-state index contributed by atoms with van der Waals surface area (Å²) in [6.07, 6.45) is 4.95. The number of nitrogen functional groups attached to an aromatic ring is 2. The number of carbonyl (C=O) groups is 1. The number of amides is 1.